The van der Waals surface area contributed by atoms with Crippen molar-refractivity contribution < 1.29 is 13.5 Å². The van der Waals surface area contributed by atoms with Gasteiger partial charge < -0.3 is 5.11 Å². The molecular weight excluding hydrogens is 508 g/mol. The third-order valence-corrected chi connectivity index (χ3v) is 7.67. The Labute approximate surface area is 177 Å². The van der Waals surface area contributed by atoms with Gasteiger partial charge in [-0.2, -0.15) is 0 Å². The fourth-order valence-corrected chi connectivity index (χ4v) is 4.94. The maximum absolute atomic E-state index is 13.1. The minimum absolute atomic E-state index is 0.0153. The Bertz CT molecular complexity index is 871. The van der Waals surface area contributed by atoms with Crippen molar-refractivity contribution >= 4 is 59.4 Å². The molecule has 0 fully saturated rings. The SMILES string of the molecule is Cc1ccc(S(=O)(=O)N(CC(O)CCl)/C(Cl)=C(\I)c2ccccc2)cc1. The Morgan fingerprint density at radius 2 is 1.73 bits per heavy atom. The number of aliphatic hydroxyl groups is 1. The number of halogens is 3. The van der Waals surface area contributed by atoms with Crippen molar-refractivity contribution in [1.82, 2.24) is 4.31 Å². The van der Waals surface area contributed by atoms with E-state index in [1.807, 2.05) is 59.8 Å². The first-order valence-electron chi connectivity index (χ1n) is 7.71. The number of sulfonamides is 1. The summed E-state index contributed by atoms with van der Waals surface area (Å²) in [7, 11) is -3.96. The normalized spacial score (nSPS) is 13.9. The van der Waals surface area contributed by atoms with E-state index in [0.717, 1.165) is 15.4 Å². The van der Waals surface area contributed by atoms with Gasteiger partial charge in [0, 0.05) is 0 Å². The zero-order valence-corrected chi connectivity index (χ0v) is 18.4. The predicted octanol–water partition coefficient (Wildman–Crippen LogP) is 4.59. The minimum atomic E-state index is -3.96. The van der Waals surface area contributed by atoms with Gasteiger partial charge in [-0.15, -0.1) is 11.6 Å². The van der Waals surface area contributed by atoms with Crippen molar-refractivity contribution in [1.29, 1.82) is 0 Å². The molecule has 0 bridgehead atoms. The first kappa shape index (κ1) is 21.5. The number of hydrogen-bond acceptors (Lipinski definition) is 3. The second-order valence-electron chi connectivity index (χ2n) is 5.63. The topological polar surface area (TPSA) is 57.6 Å². The molecule has 0 aliphatic rings. The number of hydrogen-bond donors (Lipinski definition) is 1. The molecule has 1 atom stereocenters. The van der Waals surface area contributed by atoms with Crippen molar-refractivity contribution in [3.8, 4) is 0 Å². The van der Waals surface area contributed by atoms with Gasteiger partial charge in [-0.1, -0.05) is 59.6 Å². The molecule has 2 aromatic carbocycles. The second kappa shape index (κ2) is 9.41. The molecule has 2 rings (SSSR count). The van der Waals surface area contributed by atoms with E-state index in [9.17, 15) is 13.5 Å². The van der Waals surface area contributed by atoms with Crippen LogP contribution in [0.4, 0.5) is 0 Å². The molecule has 0 heterocycles. The van der Waals surface area contributed by atoms with Gasteiger partial charge >= 0.3 is 0 Å². The van der Waals surface area contributed by atoms with Crippen molar-refractivity contribution in [2.75, 3.05) is 12.4 Å². The largest absolute Gasteiger partial charge is 0.390 e. The lowest BCUT2D eigenvalue weighted by molar-refractivity contribution is 0.178. The van der Waals surface area contributed by atoms with E-state index in [1.165, 1.54) is 12.1 Å². The first-order chi connectivity index (χ1) is 12.3. The van der Waals surface area contributed by atoms with Crippen LogP contribution in [0.25, 0.3) is 3.58 Å². The number of alkyl halides is 1. The second-order valence-corrected chi connectivity index (χ2v) is 9.24. The lowest BCUT2D eigenvalue weighted by Gasteiger charge is -2.26. The van der Waals surface area contributed by atoms with Gasteiger partial charge in [0.2, 0.25) is 0 Å². The highest BCUT2D eigenvalue weighted by Crippen LogP contribution is 2.33. The van der Waals surface area contributed by atoms with E-state index in [-0.39, 0.29) is 22.5 Å². The Kier molecular flexibility index (Phi) is 7.78. The molecule has 0 aromatic heterocycles. The van der Waals surface area contributed by atoms with Crippen LogP contribution in [0.15, 0.2) is 64.6 Å². The molecule has 0 saturated carbocycles. The third kappa shape index (κ3) is 5.13. The van der Waals surface area contributed by atoms with Crippen LogP contribution in [-0.4, -0.2) is 36.4 Å². The summed E-state index contributed by atoms with van der Waals surface area (Å²) in [5.41, 5.74) is 1.72. The number of rotatable bonds is 7. The Hall–Kier alpha value is -0.800. The first-order valence-corrected chi connectivity index (χ1v) is 11.1. The van der Waals surface area contributed by atoms with Crippen LogP contribution in [0.3, 0.4) is 0 Å². The molecule has 0 aliphatic carbocycles. The summed E-state index contributed by atoms with van der Waals surface area (Å²) in [6, 6.07) is 15.7. The zero-order valence-electron chi connectivity index (χ0n) is 13.9. The highest BCUT2D eigenvalue weighted by molar-refractivity contribution is 14.1. The average Bonchev–Trinajstić information content (AvgIpc) is 2.65. The van der Waals surface area contributed by atoms with Crippen LogP contribution in [0.5, 0.6) is 0 Å². The molecular formula is C18H18Cl2INO3S. The van der Waals surface area contributed by atoms with E-state index < -0.39 is 16.1 Å². The maximum Gasteiger partial charge on any atom is 0.265 e. The van der Waals surface area contributed by atoms with E-state index in [1.54, 1.807) is 12.1 Å². The van der Waals surface area contributed by atoms with E-state index >= 15 is 0 Å². The number of aliphatic hydroxyl groups excluding tert-OH is 1. The minimum Gasteiger partial charge on any atom is -0.390 e. The summed E-state index contributed by atoms with van der Waals surface area (Å²) in [6.45, 7) is 1.63. The quantitative estimate of drug-likeness (QED) is 0.327. The van der Waals surface area contributed by atoms with Gasteiger partial charge in [-0.3, -0.25) is 4.31 Å². The molecule has 140 valence electrons. The molecule has 2 aromatic rings. The molecule has 26 heavy (non-hydrogen) atoms. The summed E-state index contributed by atoms with van der Waals surface area (Å²) >= 11 is 14.1. The fourth-order valence-electron chi connectivity index (χ4n) is 2.17. The number of nitrogens with zero attached hydrogens (tertiary/aromatic N) is 1. The highest BCUT2D eigenvalue weighted by atomic mass is 127. The molecule has 0 saturated heterocycles. The molecule has 0 amide bonds. The predicted molar refractivity (Wildman–Crippen MR) is 115 cm³/mol. The van der Waals surface area contributed by atoms with Crippen LogP contribution in [0, 0.1) is 6.92 Å². The summed E-state index contributed by atoms with van der Waals surface area (Å²) in [6.07, 6.45) is -1.05. The lowest BCUT2D eigenvalue weighted by atomic mass is 10.2. The van der Waals surface area contributed by atoms with Gasteiger partial charge in [0.25, 0.3) is 10.0 Å². The summed E-state index contributed by atoms with van der Waals surface area (Å²) < 4.78 is 27.8. The van der Waals surface area contributed by atoms with Gasteiger partial charge in [-0.05, 0) is 47.2 Å². The third-order valence-electron chi connectivity index (χ3n) is 3.59. The van der Waals surface area contributed by atoms with Crippen molar-refractivity contribution in [2.24, 2.45) is 0 Å². The van der Waals surface area contributed by atoms with Crippen LogP contribution < -0.4 is 0 Å². The maximum atomic E-state index is 13.1. The number of aryl methyl sites for hydroxylation is 1. The zero-order chi connectivity index (χ0) is 19.3. The van der Waals surface area contributed by atoms with Crippen LogP contribution in [-0.2, 0) is 10.0 Å². The fraction of sp³-hybridized carbons (Fsp3) is 0.222. The summed E-state index contributed by atoms with van der Waals surface area (Å²) in [5, 5.41) is 9.98. The van der Waals surface area contributed by atoms with Crippen LogP contribution in [0.1, 0.15) is 11.1 Å². The van der Waals surface area contributed by atoms with E-state index in [4.69, 9.17) is 23.2 Å². The van der Waals surface area contributed by atoms with Crippen molar-refractivity contribution in [3.05, 3.63) is 70.9 Å². The van der Waals surface area contributed by atoms with E-state index in [2.05, 4.69) is 0 Å². The Morgan fingerprint density at radius 1 is 1.15 bits per heavy atom. The van der Waals surface area contributed by atoms with E-state index in [0.29, 0.717) is 3.58 Å². The monoisotopic (exact) mass is 525 g/mol. The Morgan fingerprint density at radius 3 is 2.27 bits per heavy atom. The van der Waals surface area contributed by atoms with Gasteiger partial charge in [0.1, 0.15) is 5.16 Å². The highest BCUT2D eigenvalue weighted by Gasteiger charge is 2.29. The summed E-state index contributed by atoms with van der Waals surface area (Å²) in [5.74, 6) is -0.105. The smallest absolute Gasteiger partial charge is 0.265 e. The van der Waals surface area contributed by atoms with Crippen LogP contribution in [0.2, 0.25) is 0 Å². The van der Waals surface area contributed by atoms with Crippen molar-refractivity contribution in [3.63, 3.8) is 0 Å². The number of benzene rings is 2. The molecule has 8 heteroatoms. The molecule has 1 unspecified atom stereocenters. The average molecular weight is 526 g/mol. The van der Waals surface area contributed by atoms with Gasteiger partial charge in [-0.25, -0.2) is 8.42 Å². The van der Waals surface area contributed by atoms with Crippen LogP contribution >= 0.6 is 45.8 Å². The summed E-state index contributed by atoms with van der Waals surface area (Å²) in [4.78, 5) is 0.0975. The van der Waals surface area contributed by atoms with Crippen molar-refractivity contribution in [2.45, 2.75) is 17.9 Å². The molecule has 4 nitrogen and oxygen atoms in total. The molecule has 0 radical (unpaired) electrons. The molecule has 1 N–H and O–H groups in total. The molecule has 0 spiro atoms. The standard InChI is InChI=1S/C18H18Cl2INO3S/c1-13-7-9-16(10-8-13)26(24,25)22(12-15(23)11-19)18(20)17(21)14-5-3-2-4-6-14/h2-10,15,23H,11-12H2,1H3/b18-17-. The van der Waals surface area contributed by atoms with Gasteiger partial charge in [0.05, 0.1) is 27.0 Å². The lowest BCUT2D eigenvalue weighted by Crippen LogP contribution is -2.36. The Balaban J connectivity index is 2.54. The van der Waals surface area contributed by atoms with Gasteiger partial charge in [0.15, 0.2) is 0 Å². The molecule has 0 aliphatic heterocycles.